The van der Waals surface area contributed by atoms with Gasteiger partial charge >= 0.3 is 0 Å². The molecule has 0 aliphatic carbocycles. The Labute approximate surface area is 183 Å². The van der Waals surface area contributed by atoms with Gasteiger partial charge in [-0.3, -0.25) is 0 Å². The molecule has 0 heterocycles. The van der Waals surface area contributed by atoms with Crippen LogP contribution in [-0.2, 0) is 22.4 Å². The molecule has 0 saturated heterocycles. The molecule has 0 aliphatic rings. The first-order valence-electron chi connectivity index (χ1n) is 8.90. The van der Waals surface area contributed by atoms with Crippen LogP contribution < -0.4 is 0 Å². The van der Waals surface area contributed by atoms with E-state index in [1.54, 1.807) is 18.2 Å². The number of hydrogen-bond donors (Lipinski definition) is 0. The zero-order chi connectivity index (χ0) is 20.5. The summed E-state index contributed by atoms with van der Waals surface area (Å²) in [6, 6.07) is 21.0. The Balaban J connectivity index is 0.00000240. The Hall–Kier alpha value is -4.13. The van der Waals surface area contributed by atoms with Crippen LogP contribution >= 0.6 is 0 Å². The Morgan fingerprint density at radius 3 is 1.71 bits per heavy atom. The molecule has 3 aromatic rings. The van der Waals surface area contributed by atoms with Crippen molar-refractivity contribution in [1.29, 1.82) is 0 Å². The second-order valence-electron chi connectivity index (χ2n) is 6.33. The molecule has 0 bridgehead atoms. The molecule has 0 saturated carbocycles. The van der Waals surface area contributed by atoms with Crippen molar-refractivity contribution >= 4 is 35.1 Å². The van der Waals surface area contributed by atoms with Crippen LogP contribution in [0.25, 0.3) is 0 Å². The third kappa shape index (κ3) is 7.01. The lowest BCUT2D eigenvalue weighted by atomic mass is 9.97. The maximum atomic E-state index is 10.8. The smallest absolute Gasteiger partial charge is 0.211 e. The van der Waals surface area contributed by atoms with Gasteiger partial charge in [0.1, 0.15) is 0 Å². The highest BCUT2D eigenvalue weighted by Crippen LogP contribution is 2.26. The van der Waals surface area contributed by atoms with Crippen LogP contribution in [0.1, 0.15) is 37.1 Å². The molecule has 5 nitrogen and oxygen atoms in total. The summed E-state index contributed by atoms with van der Waals surface area (Å²) in [6.45, 7) is 3.47. The van der Waals surface area contributed by atoms with Crippen molar-refractivity contribution in [2.24, 2.45) is 15.0 Å². The van der Waals surface area contributed by atoms with Gasteiger partial charge < -0.3 is 0 Å². The predicted molar refractivity (Wildman–Crippen MR) is 127 cm³/mol. The lowest BCUT2D eigenvalue weighted by molar-refractivity contribution is 0.564. The Bertz CT molecular complexity index is 1150. The standard InChI is InChI=1S/C24H17N3O2.2CH4/c1-2-25-22-8-5-19(6-9-22)14-21-15-20(7-12-24(21)27-17-29)13-18-3-10-23(11-4-18)26-16-28;;/h3-12,15H,1,13-14H2;2*1H4. The minimum Gasteiger partial charge on any atom is -0.211 e. The van der Waals surface area contributed by atoms with E-state index in [0.717, 1.165) is 27.9 Å². The molecule has 5 heteroatoms. The molecule has 0 atom stereocenters. The number of carbonyl (C=O) groups excluding carboxylic acids is 2. The van der Waals surface area contributed by atoms with Crippen molar-refractivity contribution in [2.45, 2.75) is 27.7 Å². The van der Waals surface area contributed by atoms with E-state index < -0.39 is 0 Å². The highest BCUT2D eigenvalue weighted by atomic mass is 16.1. The summed E-state index contributed by atoms with van der Waals surface area (Å²) >= 11 is 0. The van der Waals surface area contributed by atoms with Crippen LogP contribution in [0.2, 0.25) is 0 Å². The maximum Gasteiger partial charge on any atom is 0.240 e. The summed E-state index contributed by atoms with van der Waals surface area (Å²) in [5.41, 5.74) is 6.14. The highest BCUT2D eigenvalue weighted by Gasteiger charge is 2.07. The third-order valence-electron chi connectivity index (χ3n) is 4.37. The van der Waals surface area contributed by atoms with Crippen molar-refractivity contribution in [3.05, 3.63) is 95.6 Å². The molecule has 0 radical (unpaired) electrons. The van der Waals surface area contributed by atoms with E-state index in [2.05, 4.69) is 27.4 Å². The topological polar surface area (TPSA) is 71.2 Å². The molecule has 31 heavy (non-hydrogen) atoms. The minimum atomic E-state index is 0. The van der Waals surface area contributed by atoms with E-state index in [1.807, 2.05) is 54.6 Å². The third-order valence-corrected chi connectivity index (χ3v) is 4.37. The molecule has 3 aromatic carbocycles. The molecule has 0 spiro atoms. The van der Waals surface area contributed by atoms with Crippen molar-refractivity contribution in [1.82, 2.24) is 0 Å². The van der Waals surface area contributed by atoms with Gasteiger partial charge in [-0.2, -0.15) is 9.98 Å². The minimum absolute atomic E-state index is 0. The Morgan fingerprint density at radius 2 is 1.16 bits per heavy atom. The van der Waals surface area contributed by atoms with Crippen LogP contribution in [0.15, 0.2) is 88.3 Å². The fourth-order valence-electron chi connectivity index (χ4n) is 3.02. The first kappa shape index (κ1) is 24.9. The van der Waals surface area contributed by atoms with Crippen molar-refractivity contribution in [2.75, 3.05) is 0 Å². The number of nitrogens with zero attached hydrogens (tertiary/aromatic N) is 3. The molecule has 0 aromatic heterocycles. The van der Waals surface area contributed by atoms with Gasteiger partial charge in [0.05, 0.1) is 17.1 Å². The first-order valence-corrected chi connectivity index (χ1v) is 8.90. The van der Waals surface area contributed by atoms with Crippen molar-refractivity contribution in [3.8, 4) is 0 Å². The zero-order valence-electron chi connectivity index (χ0n) is 15.6. The van der Waals surface area contributed by atoms with Gasteiger partial charge in [-0.15, -0.1) is 0 Å². The molecular formula is C26H25N3O2. The average Bonchev–Trinajstić information content (AvgIpc) is 2.73. The lowest BCUT2D eigenvalue weighted by Gasteiger charge is -2.09. The monoisotopic (exact) mass is 411 g/mol. The van der Waals surface area contributed by atoms with Crippen molar-refractivity contribution < 1.29 is 9.59 Å². The van der Waals surface area contributed by atoms with Crippen LogP contribution in [0.4, 0.5) is 17.1 Å². The van der Waals surface area contributed by atoms with E-state index in [1.165, 1.54) is 6.08 Å². The van der Waals surface area contributed by atoms with Gasteiger partial charge in [0.15, 0.2) is 0 Å². The van der Waals surface area contributed by atoms with Crippen LogP contribution in [0.5, 0.6) is 0 Å². The SMILES string of the molecule is C.C.C=C=Nc1ccc(Cc2cc(Cc3ccc(N=C=O)cc3)ccc2N=C=O)cc1. The number of benzene rings is 3. The van der Waals surface area contributed by atoms with Gasteiger partial charge in [0.2, 0.25) is 12.2 Å². The van der Waals surface area contributed by atoms with E-state index in [4.69, 9.17) is 0 Å². The molecule has 156 valence electrons. The molecule has 3 rings (SSSR count). The van der Waals surface area contributed by atoms with Crippen LogP contribution in [-0.4, -0.2) is 18.0 Å². The average molecular weight is 412 g/mol. The summed E-state index contributed by atoms with van der Waals surface area (Å²) in [7, 11) is 0. The van der Waals surface area contributed by atoms with Gasteiger partial charge in [-0.05, 0) is 77.9 Å². The fraction of sp³-hybridized carbons (Fsp3) is 0.154. The van der Waals surface area contributed by atoms with E-state index in [-0.39, 0.29) is 14.9 Å². The summed E-state index contributed by atoms with van der Waals surface area (Å²) in [5, 5.41) is 0. The maximum absolute atomic E-state index is 10.8. The number of hydrogen-bond acceptors (Lipinski definition) is 5. The summed E-state index contributed by atoms with van der Waals surface area (Å²) in [6.07, 6.45) is 4.49. The summed E-state index contributed by atoms with van der Waals surface area (Å²) < 4.78 is 0. The summed E-state index contributed by atoms with van der Waals surface area (Å²) in [4.78, 5) is 32.6. The molecule has 0 unspecified atom stereocenters. The van der Waals surface area contributed by atoms with E-state index >= 15 is 0 Å². The lowest BCUT2D eigenvalue weighted by Crippen LogP contribution is -1.93. The predicted octanol–water partition coefficient (Wildman–Crippen LogP) is 6.56. The number of aliphatic imine (C=N–C) groups is 3. The largest absolute Gasteiger partial charge is 0.240 e. The molecular weight excluding hydrogens is 386 g/mol. The first-order chi connectivity index (χ1) is 14.2. The molecule has 0 amide bonds. The van der Waals surface area contributed by atoms with Crippen LogP contribution in [0, 0.1) is 0 Å². The second-order valence-corrected chi connectivity index (χ2v) is 6.33. The Morgan fingerprint density at radius 1 is 0.645 bits per heavy atom. The molecule has 0 aliphatic heterocycles. The van der Waals surface area contributed by atoms with Gasteiger partial charge in [-0.25, -0.2) is 14.6 Å². The number of isocyanates is 2. The Kier molecular flexibility index (Phi) is 9.99. The van der Waals surface area contributed by atoms with E-state index in [9.17, 15) is 9.59 Å². The van der Waals surface area contributed by atoms with Gasteiger partial charge in [0, 0.05) is 0 Å². The highest BCUT2D eigenvalue weighted by molar-refractivity contribution is 5.58. The van der Waals surface area contributed by atoms with E-state index in [0.29, 0.717) is 24.2 Å². The zero-order valence-corrected chi connectivity index (χ0v) is 15.6. The quantitative estimate of drug-likeness (QED) is 0.326. The van der Waals surface area contributed by atoms with Gasteiger partial charge in [-0.1, -0.05) is 51.3 Å². The summed E-state index contributed by atoms with van der Waals surface area (Å²) in [5.74, 6) is 2.51. The molecule has 0 N–H and O–H groups in total. The van der Waals surface area contributed by atoms with Crippen molar-refractivity contribution in [3.63, 3.8) is 0 Å². The number of rotatable bonds is 7. The van der Waals surface area contributed by atoms with Crippen LogP contribution in [0.3, 0.4) is 0 Å². The van der Waals surface area contributed by atoms with Gasteiger partial charge in [0.25, 0.3) is 0 Å². The molecule has 0 fully saturated rings. The normalized spacial score (nSPS) is 9.03. The second kappa shape index (κ2) is 12.4. The fourth-order valence-corrected chi connectivity index (χ4v) is 3.02.